The number of carbonyl (C=O) groups is 1. The molecule has 0 unspecified atom stereocenters. The molecule has 0 aliphatic heterocycles. The average Bonchev–Trinajstić information content (AvgIpc) is 2.89. The van der Waals surface area contributed by atoms with Crippen molar-refractivity contribution in [1.29, 1.82) is 0 Å². The van der Waals surface area contributed by atoms with Crippen LogP contribution in [0.2, 0.25) is 0 Å². The molecule has 3 rings (SSSR count). The third kappa shape index (κ3) is 2.56. The van der Waals surface area contributed by atoms with E-state index in [2.05, 4.69) is 57.3 Å². The summed E-state index contributed by atoms with van der Waals surface area (Å²) in [4.78, 5) is 20.4. The number of carbonyl (C=O) groups excluding carboxylic acids is 1. The standard InChI is InChI=1S/C12H7Br2N5O/c13-9-5-15-11(10(14)17-9)18-12(20)6-1-2-7-4-16-19-8(7)3-6/h1-5H,(H,16,19)(H,15,18,20). The molecule has 2 aromatic heterocycles. The molecular formula is C12H7Br2N5O. The summed E-state index contributed by atoms with van der Waals surface area (Å²) in [6, 6.07) is 5.29. The molecule has 1 aromatic carbocycles. The van der Waals surface area contributed by atoms with E-state index in [4.69, 9.17) is 0 Å². The van der Waals surface area contributed by atoms with Crippen molar-refractivity contribution in [3.63, 3.8) is 0 Å². The van der Waals surface area contributed by atoms with Crippen molar-refractivity contribution in [2.75, 3.05) is 5.32 Å². The fourth-order valence-corrected chi connectivity index (χ4v) is 2.60. The third-order valence-corrected chi connectivity index (χ3v) is 3.57. The molecule has 0 atom stereocenters. The highest BCUT2D eigenvalue weighted by Crippen LogP contribution is 2.20. The van der Waals surface area contributed by atoms with Crippen molar-refractivity contribution < 1.29 is 4.79 Å². The number of hydrogen-bond acceptors (Lipinski definition) is 4. The third-order valence-electron chi connectivity index (χ3n) is 2.64. The molecule has 0 radical (unpaired) electrons. The van der Waals surface area contributed by atoms with Gasteiger partial charge in [-0.3, -0.25) is 9.89 Å². The summed E-state index contributed by atoms with van der Waals surface area (Å²) in [5, 5.41) is 10.4. The molecule has 100 valence electrons. The summed E-state index contributed by atoms with van der Waals surface area (Å²) >= 11 is 6.45. The normalized spacial score (nSPS) is 10.7. The van der Waals surface area contributed by atoms with Crippen LogP contribution in [0.25, 0.3) is 10.9 Å². The Hall–Kier alpha value is -1.80. The van der Waals surface area contributed by atoms with Gasteiger partial charge in [0.25, 0.3) is 5.91 Å². The minimum Gasteiger partial charge on any atom is -0.304 e. The predicted molar refractivity (Wildman–Crippen MR) is 81.5 cm³/mol. The topological polar surface area (TPSA) is 83.6 Å². The Bertz CT molecular complexity index is 801. The van der Waals surface area contributed by atoms with Crippen molar-refractivity contribution in [2.24, 2.45) is 0 Å². The molecule has 6 nitrogen and oxygen atoms in total. The Kier molecular flexibility index (Phi) is 3.49. The van der Waals surface area contributed by atoms with Gasteiger partial charge < -0.3 is 5.32 Å². The molecule has 0 saturated carbocycles. The van der Waals surface area contributed by atoms with Crippen molar-refractivity contribution in [3.05, 3.63) is 45.4 Å². The number of H-pyrrole nitrogens is 1. The summed E-state index contributed by atoms with van der Waals surface area (Å²) in [6.45, 7) is 0. The molecule has 3 aromatic rings. The van der Waals surface area contributed by atoms with E-state index in [1.54, 1.807) is 18.3 Å². The molecule has 8 heteroatoms. The van der Waals surface area contributed by atoms with Crippen LogP contribution in [0.4, 0.5) is 5.82 Å². The first-order valence-corrected chi connectivity index (χ1v) is 7.14. The fraction of sp³-hybridized carbons (Fsp3) is 0. The second-order valence-corrected chi connectivity index (χ2v) is 5.52. The minimum absolute atomic E-state index is 0.265. The molecule has 2 N–H and O–H groups in total. The summed E-state index contributed by atoms with van der Waals surface area (Å²) in [7, 11) is 0. The van der Waals surface area contributed by atoms with Crippen LogP contribution >= 0.6 is 31.9 Å². The number of fused-ring (bicyclic) bond motifs is 1. The van der Waals surface area contributed by atoms with Gasteiger partial charge in [0, 0.05) is 10.9 Å². The molecule has 0 saturated heterocycles. The van der Waals surface area contributed by atoms with Crippen molar-refractivity contribution in [2.45, 2.75) is 0 Å². The number of aromatic amines is 1. The highest BCUT2D eigenvalue weighted by molar-refractivity contribution is 9.11. The van der Waals surface area contributed by atoms with Gasteiger partial charge in [0.2, 0.25) is 0 Å². The number of rotatable bonds is 2. The van der Waals surface area contributed by atoms with E-state index in [1.807, 2.05) is 6.07 Å². The molecule has 0 bridgehead atoms. The van der Waals surface area contributed by atoms with Crippen LogP contribution in [-0.2, 0) is 0 Å². The molecule has 20 heavy (non-hydrogen) atoms. The Morgan fingerprint density at radius 3 is 2.90 bits per heavy atom. The quantitative estimate of drug-likeness (QED) is 0.696. The number of amides is 1. The van der Waals surface area contributed by atoms with E-state index >= 15 is 0 Å². The number of anilines is 1. The number of halogens is 2. The first-order chi connectivity index (χ1) is 9.63. The smallest absolute Gasteiger partial charge is 0.256 e. The molecular weight excluding hydrogens is 390 g/mol. The van der Waals surface area contributed by atoms with Crippen LogP contribution in [-0.4, -0.2) is 26.1 Å². The second-order valence-electron chi connectivity index (χ2n) is 3.96. The molecule has 0 fully saturated rings. The van der Waals surface area contributed by atoms with Crippen molar-refractivity contribution >= 4 is 54.5 Å². The maximum absolute atomic E-state index is 12.2. The minimum atomic E-state index is -0.265. The Balaban J connectivity index is 1.88. The Morgan fingerprint density at radius 2 is 2.10 bits per heavy atom. The number of hydrogen-bond donors (Lipinski definition) is 2. The lowest BCUT2D eigenvalue weighted by Gasteiger charge is -2.06. The van der Waals surface area contributed by atoms with Gasteiger partial charge in [0.15, 0.2) is 5.82 Å². The Labute approximate surface area is 130 Å². The van der Waals surface area contributed by atoms with Gasteiger partial charge in [0.05, 0.1) is 17.9 Å². The summed E-state index contributed by atoms with van der Waals surface area (Å²) < 4.78 is 1.05. The lowest BCUT2D eigenvalue weighted by Crippen LogP contribution is -2.13. The van der Waals surface area contributed by atoms with Crippen LogP contribution in [0.15, 0.2) is 39.8 Å². The fourth-order valence-electron chi connectivity index (χ4n) is 1.69. The highest BCUT2D eigenvalue weighted by atomic mass is 79.9. The van der Waals surface area contributed by atoms with Crippen LogP contribution in [0.5, 0.6) is 0 Å². The van der Waals surface area contributed by atoms with E-state index in [0.717, 1.165) is 10.9 Å². The summed E-state index contributed by atoms with van der Waals surface area (Å²) in [5.41, 5.74) is 1.32. The lowest BCUT2D eigenvalue weighted by atomic mass is 10.1. The second kappa shape index (κ2) is 5.29. The molecule has 0 aliphatic rings. The van der Waals surface area contributed by atoms with Gasteiger partial charge in [-0.25, -0.2) is 9.97 Å². The van der Waals surface area contributed by atoms with Crippen molar-refractivity contribution in [3.8, 4) is 0 Å². The highest BCUT2D eigenvalue weighted by Gasteiger charge is 2.11. The maximum atomic E-state index is 12.2. The van der Waals surface area contributed by atoms with Crippen LogP contribution < -0.4 is 5.32 Å². The van der Waals surface area contributed by atoms with Crippen molar-refractivity contribution in [1.82, 2.24) is 20.2 Å². The van der Waals surface area contributed by atoms with E-state index in [0.29, 0.717) is 20.6 Å². The molecule has 1 amide bonds. The van der Waals surface area contributed by atoms with Gasteiger partial charge in [-0.1, -0.05) is 6.07 Å². The summed E-state index contributed by atoms with van der Waals surface area (Å²) in [5.74, 6) is 0.0988. The monoisotopic (exact) mass is 395 g/mol. The maximum Gasteiger partial charge on any atom is 0.256 e. The van der Waals surface area contributed by atoms with Gasteiger partial charge in [-0.05, 0) is 44.0 Å². The zero-order valence-corrected chi connectivity index (χ0v) is 13.1. The number of nitrogens with one attached hydrogen (secondary N) is 2. The van der Waals surface area contributed by atoms with Crippen LogP contribution in [0.1, 0.15) is 10.4 Å². The number of benzene rings is 1. The van der Waals surface area contributed by atoms with Gasteiger partial charge in [-0.15, -0.1) is 0 Å². The zero-order chi connectivity index (χ0) is 14.1. The van der Waals surface area contributed by atoms with Gasteiger partial charge in [0.1, 0.15) is 9.21 Å². The first-order valence-electron chi connectivity index (χ1n) is 5.56. The lowest BCUT2D eigenvalue weighted by molar-refractivity contribution is 0.102. The molecule has 0 spiro atoms. The summed E-state index contributed by atoms with van der Waals surface area (Å²) in [6.07, 6.45) is 3.21. The van der Waals surface area contributed by atoms with E-state index in [1.165, 1.54) is 6.20 Å². The van der Waals surface area contributed by atoms with E-state index in [-0.39, 0.29) is 5.91 Å². The predicted octanol–water partition coefficient (Wildman–Crippen LogP) is 3.13. The molecule has 2 heterocycles. The van der Waals surface area contributed by atoms with Crippen LogP contribution in [0.3, 0.4) is 0 Å². The SMILES string of the molecule is O=C(Nc1ncc(Br)nc1Br)c1ccc2cn[nH]c2c1. The molecule has 0 aliphatic carbocycles. The Morgan fingerprint density at radius 1 is 1.25 bits per heavy atom. The first kappa shape index (κ1) is 13.2. The average molecular weight is 397 g/mol. The van der Waals surface area contributed by atoms with Gasteiger partial charge in [-0.2, -0.15) is 5.10 Å². The largest absolute Gasteiger partial charge is 0.304 e. The zero-order valence-electron chi connectivity index (χ0n) is 9.89. The number of aromatic nitrogens is 4. The van der Waals surface area contributed by atoms with Gasteiger partial charge >= 0.3 is 0 Å². The number of nitrogens with zero attached hydrogens (tertiary/aromatic N) is 3. The van der Waals surface area contributed by atoms with Crippen LogP contribution in [0, 0.1) is 0 Å². The van der Waals surface area contributed by atoms with E-state index < -0.39 is 0 Å². The van der Waals surface area contributed by atoms with E-state index in [9.17, 15) is 4.79 Å².